The van der Waals surface area contributed by atoms with Gasteiger partial charge in [-0.25, -0.2) is 9.78 Å². The normalized spacial score (nSPS) is 11.8. The van der Waals surface area contributed by atoms with Crippen molar-refractivity contribution in [2.24, 2.45) is 5.92 Å². The molecule has 1 aromatic rings. The molecule has 1 unspecified atom stereocenters. The molecular formula is C16H25N3O3S. The van der Waals surface area contributed by atoms with Crippen LogP contribution in [0.2, 0.25) is 0 Å². The number of carbonyl (C=O) groups is 2. The summed E-state index contributed by atoms with van der Waals surface area (Å²) in [6.45, 7) is 10.1. The molecule has 0 aliphatic heterocycles. The predicted molar refractivity (Wildman–Crippen MR) is 92.8 cm³/mol. The molecule has 23 heavy (non-hydrogen) atoms. The number of rotatable bonds is 10. The first-order valence-corrected chi connectivity index (χ1v) is 8.57. The van der Waals surface area contributed by atoms with Crippen LogP contribution in [-0.2, 0) is 9.53 Å². The average Bonchev–Trinajstić information content (AvgIpc) is 2.97. The zero-order chi connectivity index (χ0) is 17.2. The first kappa shape index (κ1) is 19.2. The third kappa shape index (κ3) is 7.78. The number of aromatic nitrogens is 1. The summed E-state index contributed by atoms with van der Waals surface area (Å²) in [4.78, 5) is 27.7. The quantitative estimate of drug-likeness (QED) is 0.506. The second-order valence-electron chi connectivity index (χ2n) is 5.72. The molecule has 1 aromatic heterocycles. The van der Waals surface area contributed by atoms with Crippen LogP contribution in [0.4, 0.5) is 5.13 Å². The third-order valence-electron chi connectivity index (χ3n) is 3.03. The highest BCUT2D eigenvalue weighted by molar-refractivity contribution is 7.13. The van der Waals surface area contributed by atoms with Crippen LogP contribution >= 0.6 is 11.3 Å². The Morgan fingerprint density at radius 3 is 2.78 bits per heavy atom. The largest absolute Gasteiger partial charge is 0.451 e. The second-order valence-corrected chi connectivity index (χ2v) is 6.58. The Balaban J connectivity index is 2.33. The minimum atomic E-state index is -0.599. The van der Waals surface area contributed by atoms with Gasteiger partial charge in [-0.3, -0.25) is 4.79 Å². The van der Waals surface area contributed by atoms with Crippen molar-refractivity contribution in [3.05, 3.63) is 23.7 Å². The van der Waals surface area contributed by atoms with Crippen molar-refractivity contribution in [1.82, 2.24) is 10.3 Å². The lowest BCUT2D eigenvalue weighted by atomic mass is 10.0. The van der Waals surface area contributed by atoms with Crippen LogP contribution in [0.3, 0.4) is 0 Å². The maximum atomic E-state index is 11.8. The summed E-state index contributed by atoms with van der Waals surface area (Å²) in [6.07, 6.45) is 3.65. The average molecular weight is 339 g/mol. The van der Waals surface area contributed by atoms with Gasteiger partial charge < -0.3 is 15.4 Å². The molecule has 0 fully saturated rings. The molecule has 1 atom stereocenters. The summed E-state index contributed by atoms with van der Waals surface area (Å²) in [5.41, 5.74) is 0.196. The van der Waals surface area contributed by atoms with E-state index in [-0.39, 0.29) is 24.2 Å². The molecule has 0 bridgehead atoms. The van der Waals surface area contributed by atoms with Crippen molar-refractivity contribution in [1.29, 1.82) is 0 Å². The molecule has 0 saturated heterocycles. The maximum Gasteiger partial charge on any atom is 0.358 e. The summed E-state index contributed by atoms with van der Waals surface area (Å²) < 4.78 is 4.98. The van der Waals surface area contributed by atoms with Crippen LogP contribution in [0.25, 0.3) is 0 Å². The molecular weight excluding hydrogens is 314 g/mol. The molecule has 128 valence electrons. The fourth-order valence-electron chi connectivity index (χ4n) is 1.79. The van der Waals surface area contributed by atoms with Crippen LogP contribution < -0.4 is 10.6 Å². The van der Waals surface area contributed by atoms with Crippen molar-refractivity contribution in [3.63, 3.8) is 0 Å². The van der Waals surface area contributed by atoms with Gasteiger partial charge in [0.15, 0.2) is 17.4 Å². The van der Waals surface area contributed by atoms with Gasteiger partial charge in [-0.05, 0) is 25.7 Å². The second kappa shape index (κ2) is 9.99. The summed E-state index contributed by atoms with van der Waals surface area (Å²) in [6, 6.07) is 0.0672. The molecule has 1 rings (SSSR count). The van der Waals surface area contributed by atoms with E-state index in [0.29, 0.717) is 17.6 Å². The van der Waals surface area contributed by atoms with Crippen LogP contribution in [0.5, 0.6) is 0 Å². The zero-order valence-electron chi connectivity index (χ0n) is 13.9. The van der Waals surface area contributed by atoms with Gasteiger partial charge >= 0.3 is 5.97 Å². The third-order valence-corrected chi connectivity index (χ3v) is 3.83. The van der Waals surface area contributed by atoms with E-state index in [1.165, 1.54) is 11.3 Å². The van der Waals surface area contributed by atoms with E-state index in [2.05, 4.69) is 36.0 Å². The Morgan fingerprint density at radius 2 is 2.13 bits per heavy atom. The van der Waals surface area contributed by atoms with Crippen molar-refractivity contribution >= 4 is 28.3 Å². The lowest BCUT2D eigenvalue weighted by Gasteiger charge is -2.14. The first-order valence-electron chi connectivity index (χ1n) is 7.69. The van der Waals surface area contributed by atoms with E-state index in [1.807, 2.05) is 6.92 Å². The summed E-state index contributed by atoms with van der Waals surface area (Å²) >= 11 is 1.30. The topological polar surface area (TPSA) is 80.3 Å². The molecule has 1 heterocycles. The standard InChI is InChI=1S/C16H25N3O3S/c1-5-8-17-16-19-13(10-23-16)15(21)22-9-14(20)18-12(4)7-6-11(2)3/h5,10-12H,1,6-9H2,2-4H3,(H,17,19)(H,18,20). The van der Waals surface area contributed by atoms with Crippen LogP contribution in [-0.4, -0.2) is 36.1 Å². The van der Waals surface area contributed by atoms with E-state index >= 15 is 0 Å². The van der Waals surface area contributed by atoms with Crippen LogP contribution in [0, 0.1) is 5.92 Å². The molecule has 0 aromatic carbocycles. The van der Waals surface area contributed by atoms with Gasteiger partial charge in [0.05, 0.1) is 0 Å². The van der Waals surface area contributed by atoms with Crippen LogP contribution in [0.1, 0.15) is 44.1 Å². The molecule has 2 N–H and O–H groups in total. The number of carbonyl (C=O) groups excluding carboxylic acids is 2. The van der Waals surface area contributed by atoms with Crippen molar-refractivity contribution < 1.29 is 14.3 Å². The number of anilines is 1. The minimum absolute atomic E-state index is 0.0672. The van der Waals surface area contributed by atoms with Crippen molar-refractivity contribution in [2.75, 3.05) is 18.5 Å². The van der Waals surface area contributed by atoms with Crippen molar-refractivity contribution in [2.45, 2.75) is 39.7 Å². The van der Waals surface area contributed by atoms with Gasteiger partial charge in [0.1, 0.15) is 0 Å². The zero-order valence-corrected chi connectivity index (χ0v) is 14.7. The smallest absolute Gasteiger partial charge is 0.358 e. The highest BCUT2D eigenvalue weighted by atomic mass is 32.1. The number of esters is 1. The summed E-state index contributed by atoms with van der Waals surface area (Å²) in [7, 11) is 0. The molecule has 7 heteroatoms. The molecule has 6 nitrogen and oxygen atoms in total. The summed E-state index contributed by atoms with van der Waals surface area (Å²) in [5.74, 6) is -0.298. The van der Waals surface area contributed by atoms with E-state index in [9.17, 15) is 9.59 Å². The number of ether oxygens (including phenoxy) is 1. The summed E-state index contributed by atoms with van der Waals surface area (Å²) in [5, 5.41) is 8.01. The SMILES string of the molecule is C=CCNc1nc(C(=O)OCC(=O)NC(C)CCC(C)C)cs1. The monoisotopic (exact) mass is 339 g/mol. The van der Waals surface area contributed by atoms with Gasteiger partial charge in [-0.2, -0.15) is 0 Å². The molecule has 0 aliphatic rings. The molecule has 0 spiro atoms. The molecule has 0 saturated carbocycles. The molecule has 0 radical (unpaired) electrons. The molecule has 1 amide bonds. The maximum absolute atomic E-state index is 11.8. The van der Waals surface area contributed by atoms with E-state index < -0.39 is 5.97 Å². The van der Waals surface area contributed by atoms with Gasteiger partial charge in [0, 0.05) is 18.0 Å². The number of hydrogen-bond donors (Lipinski definition) is 2. The van der Waals surface area contributed by atoms with Gasteiger partial charge in [0.25, 0.3) is 5.91 Å². The Morgan fingerprint density at radius 1 is 1.39 bits per heavy atom. The minimum Gasteiger partial charge on any atom is -0.451 e. The highest BCUT2D eigenvalue weighted by Crippen LogP contribution is 2.15. The Labute approximate surface area is 141 Å². The van der Waals surface area contributed by atoms with E-state index in [4.69, 9.17) is 4.74 Å². The fourth-order valence-corrected chi connectivity index (χ4v) is 2.48. The molecule has 0 aliphatic carbocycles. The lowest BCUT2D eigenvalue weighted by Crippen LogP contribution is -2.36. The van der Waals surface area contributed by atoms with Gasteiger partial charge in [0.2, 0.25) is 0 Å². The first-order chi connectivity index (χ1) is 10.9. The van der Waals surface area contributed by atoms with E-state index in [0.717, 1.165) is 12.8 Å². The fraction of sp³-hybridized carbons (Fsp3) is 0.562. The Kier molecular flexibility index (Phi) is 8.32. The Bertz CT molecular complexity index is 528. The number of thiazole rings is 1. The van der Waals surface area contributed by atoms with Gasteiger partial charge in [-0.15, -0.1) is 17.9 Å². The number of nitrogens with one attached hydrogen (secondary N) is 2. The van der Waals surface area contributed by atoms with Crippen molar-refractivity contribution in [3.8, 4) is 0 Å². The number of amides is 1. The van der Waals surface area contributed by atoms with Gasteiger partial charge in [-0.1, -0.05) is 19.9 Å². The number of nitrogens with zero attached hydrogens (tertiary/aromatic N) is 1. The Hall–Kier alpha value is -1.89. The number of hydrogen-bond acceptors (Lipinski definition) is 6. The van der Waals surface area contributed by atoms with E-state index in [1.54, 1.807) is 11.5 Å². The highest BCUT2D eigenvalue weighted by Gasteiger charge is 2.15. The lowest BCUT2D eigenvalue weighted by molar-refractivity contribution is -0.124. The predicted octanol–water partition coefficient (Wildman–Crippen LogP) is 2.84. The van der Waals surface area contributed by atoms with Crippen LogP contribution in [0.15, 0.2) is 18.0 Å².